The molecule has 0 bridgehead atoms. The lowest BCUT2D eigenvalue weighted by Gasteiger charge is -2.26. The molecule has 0 saturated carbocycles. The molecule has 2 heterocycles. The molecular weight excluding hydrogens is 278 g/mol. The van der Waals surface area contributed by atoms with E-state index in [1.54, 1.807) is 11.3 Å². The Morgan fingerprint density at radius 3 is 2.74 bits per heavy atom. The number of hydrogen-bond acceptors (Lipinski definition) is 2. The topological polar surface area (TPSA) is 20.3 Å². The zero-order valence-corrected chi connectivity index (χ0v) is 12.3. The second-order valence-electron chi connectivity index (χ2n) is 4.97. The predicted octanol–water partition coefficient (Wildman–Crippen LogP) is 4.11. The van der Waals surface area contributed by atoms with Gasteiger partial charge < -0.3 is 4.90 Å². The lowest BCUT2D eigenvalue weighted by atomic mass is 10.1. The van der Waals surface area contributed by atoms with Gasteiger partial charge in [-0.3, -0.25) is 4.79 Å². The Morgan fingerprint density at radius 2 is 1.95 bits per heavy atom. The van der Waals surface area contributed by atoms with Crippen LogP contribution in [-0.2, 0) is 11.2 Å². The van der Waals surface area contributed by atoms with Crippen molar-refractivity contribution >= 4 is 38.9 Å². The molecule has 2 aromatic rings. The Balaban J connectivity index is 1.84. The lowest BCUT2D eigenvalue weighted by Crippen LogP contribution is -2.36. The number of piperidine rings is 1. The Labute approximate surface area is 122 Å². The second kappa shape index (κ2) is 5.51. The molecule has 1 saturated heterocycles. The third-order valence-electron chi connectivity index (χ3n) is 3.69. The van der Waals surface area contributed by atoms with E-state index in [9.17, 15) is 4.79 Å². The fourth-order valence-corrected chi connectivity index (χ4v) is 4.00. The number of fused-ring (bicyclic) bond motifs is 1. The van der Waals surface area contributed by atoms with Gasteiger partial charge in [0, 0.05) is 17.8 Å². The standard InChI is InChI=1S/C15H16ClNOS/c16-15-12(11-6-2-3-7-13(11)19-15)10-14(18)17-8-4-1-5-9-17/h2-3,6-7H,1,4-5,8-10H2. The number of carbonyl (C=O) groups excluding carboxylic acids is 1. The molecule has 19 heavy (non-hydrogen) atoms. The van der Waals surface area contributed by atoms with Gasteiger partial charge >= 0.3 is 0 Å². The van der Waals surface area contributed by atoms with Crippen LogP contribution in [0.3, 0.4) is 0 Å². The molecule has 0 unspecified atom stereocenters. The van der Waals surface area contributed by atoms with Gasteiger partial charge in [0.2, 0.25) is 5.91 Å². The summed E-state index contributed by atoms with van der Waals surface area (Å²) in [6, 6.07) is 8.11. The molecular formula is C15H16ClNOS. The second-order valence-corrected chi connectivity index (χ2v) is 6.62. The maximum Gasteiger partial charge on any atom is 0.227 e. The summed E-state index contributed by atoms with van der Waals surface area (Å²) < 4.78 is 1.92. The number of amides is 1. The molecule has 1 aromatic heterocycles. The molecule has 1 amide bonds. The molecule has 0 N–H and O–H groups in total. The van der Waals surface area contributed by atoms with Gasteiger partial charge in [0.05, 0.1) is 10.8 Å². The van der Waals surface area contributed by atoms with Gasteiger partial charge in [-0.1, -0.05) is 29.8 Å². The number of halogens is 1. The third-order valence-corrected chi connectivity index (χ3v) is 5.15. The van der Waals surface area contributed by atoms with Crippen LogP contribution in [-0.4, -0.2) is 23.9 Å². The van der Waals surface area contributed by atoms with Crippen LogP contribution < -0.4 is 0 Å². The van der Waals surface area contributed by atoms with E-state index in [1.807, 2.05) is 17.0 Å². The SMILES string of the molecule is O=C(Cc1c(Cl)sc2ccccc12)N1CCCCC1. The van der Waals surface area contributed by atoms with E-state index in [1.165, 1.54) is 6.42 Å². The van der Waals surface area contributed by atoms with Crippen molar-refractivity contribution in [1.29, 1.82) is 0 Å². The lowest BCUT2D eigenvalue weighted by molar-refractivity contribution is -0.131. The smallest absolute Gasteiger partial charge is 0.227 e. The fourth-order valence-electron chi connectivity index (χ4n) is 2.64. The van der Waals surface area contributed by atoms with Crippen LogP contribution in [0.1, 0.15) is 24.8 Å². The predicted molar refractivity (Wildman–Crippen MR) is 81.0 cm³/mol. The first-order valence-electron chi connectivity index (χ1n) is 6.69. The van der Waals surface area contributed by atoms with E-state index in [-0.39, 0.29) is 5.91 Å². The van der Waals surface area contributed by atoms with Gasteiger partial charge in [0.25, 0.3) is 0 Å². The maximum absolute atomic E-state index is 12.3. The van der Waals surface area contributed by atoms with Crippen LogP contribution in [0.15, 0.2) is 24.3 Å². The monoisotopic (exact) mass is 293 g/mol. The molecule has 3 rings (SSSR count). The number of rotatable bonds is 2. The van der Waals surface area contributed by atoms with Crippen LogP contribution >= 0.6 is 22.9 Å². The molecule has 1 aliphatic rings. The minimum atomic E-state index is 0.213. The first-order valence-corrected chi connectivity index (χ1v) is 7.89. The van der Waals surface area contributed by atoms with E-state index in [4.69, 9.17) is 11.6 Å². The van der Waals surface area contributed by atoms with Crippen molar-refractivity contribution in [2.75, 3.05) is 13.1 Å². The number of benzene rings is 1. The van der Waals surface area contributed by atoms with Crippen molar-refractivity contribution < 1.29 is 4.79 Å². The maximum atomic E-state index is 12.3. The molecule has 0 radical (unpaired) electrons. The minimum absolute atomic E-state index is 0.213. The highest BCUT2D eigenvalue weighted by atomic mass is 35.5. The number of carbonyl (C=O) groups is 1. The van der Waals surface area contributed by atoms with Crippen molar-refractivity contribution in [2.45, 2.75) is 25.7 Å². The quantitative estimate of drug-likeness (QED) is 0.816. The first-order chi connectivity index (χ1) is 9.25. The average molecular weight is 294 g/mol. The van der Waals surface area contributed by atoms with E-state index >= 15 is 0 Å². The van der Waals surface area contributed by atoms with E-state index in [0.717, 1.165) is 45.9 Å². The zero-order chi connectivity index (χ0) is 13.2. The summed E-state index contributed by atoms with van der Waals surface area (Å²) in [5.74, 6) is 0.213. The molecule has 2 nitrogen and oxygen atoms in total. The molecule has 1 aromatic carbocycles. The fraction of sp³-hybridized carbons (Fsp3) is 0.400. The summed E-state index contributed by atoms with van der Waals surface area (Å²) in [7, 11) is 0. The van der Waals surface area contributed by atoms with Gasteiger partial charge in [-0.2, -0.15) is 0 Å². The summed E-state index contributed by atoms with van der Waals surface area (Å²) in [5.41, 5.74) is 0.998. The number of hydrogen-bond donors (Lipinski definition) is 0. The Bertz CT molecular complexity index is 601. The molecule has 4 heteroatoms. The van der Waals surface area contributed by atoms with Crippen molar-refractivity contribution in [3.63, 3.8) is 0 Å². The number of thiophene rings is 1. The molecule has 100 valence electrons. The van der Waals surface area contributed by atoms with Crippen LogP contribution in [0, 0.1) is 0 Å². The van der Waals surface area contributed by atoms with Crippen LogP contribution in [0.2, 0.25) is 4.34 Å². The van der Waals surface area contributed by atoms with Crippen LogP contribution in [0.25, 0.3) is 10.1 Å². The van der Waals surface area contributed by atoms with Crippen molar-refractivity contribution in [3.05, 3.63) is 34.2 Å². The van der Waals surface area contributed by atoms with E-state index in [2.05, 4.69) is 12.1 Å². The summed E-state index contributed by atoms with van der Waals surface area (Å²) in [5, 5.41) is 1.13. The first kappa shape index (κ1) is 12.9. The number of nitrogens with zero attached hydrogens (tertiary/aromatic N) is 1. The Kier molecular flexibility index (Phi) is 3.76. The normalized spacial score (nSPS) is 15.9. The molecule has 1 fully saturated rings. The van der Waals surface area contributed by atoms with Gasteiger partial charge in [-0.25, -0.2) is 0 Å². The summed E-state index contributed by atoms with van der Waals surface area (Å²) in [6.45, 7) is 1.80. The van der Waals surface area contributed by atoms with E-state index in [0.29, 0.717) is 6.42 Å². The highest BCUT2D eigenvalue weighted by molar-refractivity contribution is 7.22. The molecule has 0 spiro atoms. The molecule has 0 aliphatic carbocycles. The zero-order valence-electron chi connectivity index (χ0n) is 10.7. The van der Waals surface area contributed by atoms with Crippen LogP contribution in [0.4, 0.5) is 0 Å². The number of likely N-dealkylation sites (tertiary alicyclic amines) is 1. The van der Waals surface area contributed by atoms with Crippen molar-refractivity contribution in [3.8, 4) is 0 Å². The average Bonchev–Trinajstić information content (AvgIpc) is 2.76. The van der Waals surface area contributed by atoms with Gasteiger partial charge in [0.1, 0.15) is 0 Å². The molecule has 1 aliphatic heterocycles. The highest BCUT2D eigenvalue weighted by Crippen LogP contribution is 2.35. The van der Waals surface area contributed by atoms with Crippen molar-refractivity contribution in [1.82, 2.24) is 4.90 Å². The van der Waals surface area contributed by atoms with Gasteiger partial charge in [0.15, 0.2) is 0 Å². The Hall–Kier alpha value is -1.06. The largest absolute Gasteiger partial charge is 0.342 e. The van der Waals surface area contributed by atoms with Crippen LogP contribution in [0.5, 0.6) is 0 Å². The Morgan fingerprint density at radius 1 is 1.21 bits per heavy atom. The van der Waals surface area contributed by atoms with Crippen molar-refractivity contribution in [2.24, 2.45) is 0 Å². The third kappa shape index (κ3) is 2.63. The van der Waals surface area contributed by atoms with Gasteiger partial charge in [-0.05, 0) is 36.3 Å². The summed E-state index contributed by atoms with van der Waals surface area (Å²) in [6.07, 6.45) is 3.93. The highest BCUT2D eigenvalue weighted by Gasteiger charge is 2.20. The minimum Gasteiger partial charge on any atom is -0.342 e. The summed E-state index contributed by atoms with van der Waals surface area (Å²) >= 11 is 7.86. The van der Waals surface area contributed by atoms with E-state index < -0.39 is 0 Å². The summed E-state index contributed by atoms with van der Waals surface area (Å²) in [4.78, 5) is 14.3. The van der Waals surface area contributed by atoms with Gasteiger partial charge in [-0.15, -0.1) is 11.3 Å². The molecule has 0 atom stereocenters.